The van der Waals surface area contributed by atoms with Crippen LogP contribution in [-0.4, -0.2) is 0 Å². The van der Waals surface area contributed by atoms with E-state index >= 15 is 0 Å². The van der Waals surface area contributed by atoms with Gasteiger partial charge in [0.15, 0.2) is 0 Å². The van der Waals surface area contributed by atoms with Gasteiger partial charge in [0.1, 0.15) is 0 Å². The van der Waals surface area contributed by atoms with Gasteiger partial charge in [-0.3, -0.25) is 0 Å². The Morgan fingerprint density at radius 2 is 1.70 bits per heavy atom. The van der Waals surface area contributed by atoms with Crippen LogP contribution in [0.25, 0.3) is 6.08 Å². The molecule has 0 saturated heterocycles. The van der Waals surface area contributed by atoms with Crippen molar-refractivity contribution in [3.63, 3.8) is 0 Å². The molecule has 104 valence electrons. The Bertz CT molecular complexity index is 594. The average molecular weight is 264 g/mol. The molecule has 0 bridgehead atoms. The lowest BCUT2D eigenvalue weighted by atomic mass is 9.71. The molecule has 1 aromatic rings. The van der Waals surface area contributed by atoms with Crippen LogP contribution in [0.3, 0.4) is 0 Å². The molecule has 0 heteroatoms. The molecule has 0 aliphatic heterocycles. The third-order valence-electron chi connectivity index (χ3n) is 3.78. The summed E-state index contributed by atoms with van der Waals surface area (Å²) < 4.78 is 0. The molecule has 0 saturated carbocycles. The maximum atomic E-state index is 2.37. The van der Waals surface area contributed by atoms with Crippen molar-refractivity contribution in [2.45, 2.75) is 40.0 Å². The van der Waals surface area contributed by atoms with Gasteiger partial charge in [0, 0.05) is 5.92 Å². The Morgan fingerprint density at radius 3 is 2.50 bits per heavy atom. The lowest BCUT2D eigenvalue weighted by Crippen LogP contribution is -2.16. The minimum absolute atomic E-state index is 0.509. The molecule has 0 nitrogen and oxygen atoms in total. The Balaban J connectivity index is 0.000000340. The van der Waals surface area contributed by atoms with Crippen LogP contribution in [0.2, 0.25) is 0 Å². The molecule has 1 unspecified atom stereocenters. The number of rotatable bonds is 0. The van der Waals surface area contributed by atoms with Crippen molar-refractivity contribution in [3.05, 3.63) is 76.4 Å². The van der Waals surface area contributed by atoms with Gasteiger partial charge in [0.05, 0.1) is 0 Å². The van der Waals surface area contributed by atoms with E-state index < -0.39 is 0 Å². The molecule has 0 aromatic heterocycles. The van der Waals surface area contributed by atoms with E-state index in [0.717, 1.165) is 6.42 Å². The van der Waals surface area contributed by atoms with Crippen molar-refractivity contribution in [1.29, 1.82) is 0 Å². The molecule has 0 N–H and O–H groups in total. The summed E-state index contributed by atoms with van der Waals surface area (Å²) in [6, 6.07) is 6.67. The van der Waals surface area contributed by atoms with E-state index in [9.17, 15) is 0 Å². The fourth-order valence-electron chi connectivity index (χ4n) is 3.05. The molecule has 0 spiro atoms. The van der Waals surface area contributed by atoms with Gasteiger partial charge in [-0.05, 0) is 34.3 Å². The molecule has 0 heterocycles. The summed E-state index contributed by atoms with van der Waals surface area (Å²) >= 11 is 0. The zero-order valence-electron chi connectivity index (χ0n) is 13.0. The number of allylic oxidation sites excluding steroid dienone is 7. The Labute approximate surface area is 123 Å². The van der Waals surface area contributed by atoms with E-state index in [1.807, 2.05) is 27.7 Å². The van der Waals surface area contributed by atoms with Crippen molar-refractivity contribution in [3.8, 4) is 0 Å². The van der Waals surface area contributed by atoms with Gasteiger partial charge in [-0.1, -0.05) is 82.4 Å². The summed E-state index contributed by atoms with van der Waals surface area (Å²) in [5.41, 5.74) is 7.35. The highest BCUT2D eigenvalue weighted by Gasteiger charge is 2.29. The minimum atomic E-state index is 0.509. The average Bonchev–Trinajstić information content (AvgIpc) is 2.57. The lowest BCUT2D eigenvalue weighted by molar-refractivity contribution is 0.892. The predicted molar refractivity (Wildman–Crippen MR) is 89.9 cm³/mol. The molecular formula is C20H24. The second-order valence-electron chi connectivity index (χ2n) is 4.62. The molecule has 0 fully saturated rings. The molecule has 20 heavy (non-hydrogen) atoms. The summed E-state index contributed by atoms with van der Waals surface area (Å²) in [5.74, 6) is 0.509. The lowest BCUT2D eigenvalue weighted by Gasteiger charge is -2.32. The highest BCUT2D eigenvalue weighted by Crippen LogP contribution is 2.45. The van der Waals surface area contributed by atoms with Gasteiger partial charge < -0.3 is 0 Å². The zero-order chi connectivity index (χ0) is 14.5. The SMILES string of the molecule is C1=CC2=CCc3cccc4c3C2C(=C1)C=C4.CC.CC. The summed E-state index contributed by atoms with van der Waals surface area (Å²) in [7, 11) is 0. The van der Waals surface area contributed by atoms with Gasteiger partial charge >= 0.3 is 0 Å². The maximum Gasteiger partial charge on any atom is 0.0345 e. The third-order valence-corrected chi connectivity index (χ3v) is 3.78. The molecule has 1 aromatic carbocycles. The summed E-state index contributed by atoms with van der Waals surface area (Å²) in [5, 5.41) is 0. The molecule has 3 aliphatic rings. The third kappa shape index (κ3) is 2.31. The first-order valence-electron chi connectivity index (χ1n) is 7.82. The topological polar surface area (TPSA) is 0 Å². The van der Waals surface area contributed by atoms with E-state index in [1.165, 1.54) is 27.8 Å². The van der Waals surface area contributed by atoms with Gasteiger partial charge in [0.2, 0.25) is 0 Å². The minimum Gasteiger partial charge on any atom is -0.0759 e. The second kappa shape index (κ2) is 6.56. The van der Waals surface area contributed by atoms with Gasteiger partial charge in [-0.25, -0.2) is 0 Å². The van der Waals surface area contributed by atoms with Crippen molar-refractivity contribution in [2.75, 3.05) is 0 Å². The molecule has 4 rings (SSSR count). The quantitative estimate of drug-likeness (QED) is 0.553. The highest BCUT2D eigenvalue weighted by atomic mass is 14.3. The van der Waals surface area contributed by atoms with Crippen LogP contribution in [0.1, 0.15) is 50.3 Å². The van der Waals surface area contributed by atoms with Crippen LogP contribution in [0.15, 0.2) is 59.7 Å². The van der Waals surface area contributed by atoms with E-state index in [2.05, 4.69) is 54.7 Å². The van der Waals surface area contributed by atoms with Crippen molar-refractivity contribution in [2.24, 2.45) is 0 Å². The van der Waals surface area contributed by atoms with Crippen LogP contribution in [0, 0.1) is 0 Å². The van der Waals surface area contributed by atoms with E-state index in [4.69, 9.17) is 0 Å². The van der Waals surface area contributed by atoms with Gasteiger partial charge in [-0.15, -0.1) is 0 Å². The first-order chi connectivity index (χ1) is 9.93. The standard InChI is InChI=1S/C16H12.2C2H6/c1-3-11-7-9-13-5-2-6-14-10-8-12(4-1)15(11)16(13)14;2*1-2/h1-9,15H,10H2;2*1-2H3. The highest BCUT2D eigenvalue weighted by molar-refractivity contribution is 5.71. The van der Waals surface area contributed by atoms with Crippen molar-refractivity contribution < 1.29 is 0 Å². The normalized spacial score (nSPS) is 19.5. The Kier molecular flexibility index (Phi) is 4.79. The number of hydrogen-bond acceptors (Lipinski definition) is 0. The van der Waals surface area contributed by atoms with Crippen LogP contribution >= 0.6 is 0 Å². The van der Waals surface area contributed by atoms with E-state index in [-0.39, 0.29) is 0 Å². The molecule has 3 aliphatic carbocycles. The molecule has 0 radical (unpaired) electrons. The van der Waals surface area contributed by atoms with Gasteiger partial charge in [0.25, 0.3) is 0 Å². The molecule has 0 amide bonds. The molecule has 1 atom stereocenters. The van der Waals surface area contributed by atoms with Gasteiger partial charge in [-0.2, -0.15) is 0 Å². The fourth-order valence-corrected chi connectivity index (χ4v) is 3.05. The van der Waals surface area contributed by atoms with Crippen LogP contribution in [0.4, 0.5) is 0 Å². The van der Waals surface area contributed by atoms with E-state index in [0.29, 0.717) is 5.92 Å². The smallest absolute Gasteiger partial charge is 0.0345 e. The summed E-state index contributed by atoms with van der Waals surface area (Å²) in [6.07, 6.45) is 14.6. The molecular weight excluding hydrogens is 240 g/mol. The first kappa shape index (κ1) is 14.6. The predicted octanol–water partition coefficient (Wildman–Crippen LogP) is 5.83. The van der Waals surface area contributed by atoms with Crippen molar-refractivity contribution in [1.82, 2.24) is 0 Å². The van der Waals surface area contributed by atoms with Crippen LogP contribution < -0.4 is 0 Å². The van der Waals surface area contributed by atoms with Crippen LogP contribution in [-0.2, 0) is 6.42 Å². The Morgan fingerprint density at radius 1 is 0.900 bits per heavy atom. The Hall–Kier alpha value is -1.82. The fraction of sp³-hybridized carbons (Fsp3) is 0.300. The summed E-state index contributed by atoms with van der Waals surface area (Å²) in [4.78, 5) is 0. The number of hydrogen-bond donors (Lipinski definition) is 0. The maximum absolute atomic E-state index is 2.37. The number of benzene rings is 1. The monoisotopic (exact) mass is 264 g/mol. The van der Waals surface area contributed by atoms with Crippen LogP contribution in [0.5, 0.6) is 0 Å². The first-order valence-corrected chi connectivity index (χ1v) is 7.82. The summed E-state index contributed by atoms with van der Waals surface area (Å²) in [6.45, 7) is 8.00. The zero-order valence-corrected chi connectivity index (χ0v) is 13.0. The second-order valence-corrected chi connectivity index (χ2v) is 4.62. The largest absolute Gasteiger partial charge is 0.0759 e. The van der Waals surface area contributed by atoms with E-state index in [1.54, 1.807) is 0 Å². The van der Waals surface area contributed by atoms with Crippen molar-refractivity contribution >= 4 is 6.08 Å².